The van der Waals surface area contributed by atoms with Gasteiger partial charge in [0.05, 0.1) is 12.2 Å². The van der Waals surface area contributed by atoms with E-state index in [4.69, 9.17) is 23.1 Å². The number of ether oxygens (including phenoxy) is 3. The molecule has 5 nitrogen and oxygen atoms in total. The first-order chi connectivity index (χ1) is 17.2. The fourth-order valence-corrected chi connectivity index (χ4v) is 11.8. The minimum atomic E-state index is -2.06. The van der Waals surface area contributed by atoms with Crippen LogP contribution in [0.5, 0.6) is 0 Å². The number of fused-ring (bicyclic) bond motifs is 5. The molecular formula is C31H58O5Si2. The molecule has 5 fully saturated rings. The summed E-state index contributed by atoms with van der Waals surface area (Å²) in [6, 6.07) is 0. The lowest BCUT2D eigenvalue weighted by molar-refractivity contribution is -0.269. The van der Waals surface area contributed by atoms with E-state index >= 15 is 0 Å². The molecule has 0 amide bonds. The molecule has 0 aromatic rings. The van der Waals surface area contributed by atoms with Crippen LogP contribution in [0.1, 0.15) is 93.9 Å². The van der Waals surface area contributed by atoms with Crippen LogP contribution in [-0.4, -0.2) is 54.1 Å². The second-order valence-electron chi connectivity index (χ2n) is 17.1. The van der Waals surface area contributed by atoms with Gasteiger partial charge in [-0.25, -0.2) is 0 Å². The first-order valence-electron chi connectivity index (χ1n) is 15.5. The van der Waals surface area contributed by atoms with Gasteiger partial charge in [0.2, 0.25) is 0 Å². The molecule has 0 N–H and O–H groups in total. The van der Waals surface area contributed by atoms with Crippen molar-refractivity contribution in [3.8, 4) is 0 Å². The van der Waals surface area contributed by atoms with E-state index < -0.39 is 22.2 Å². The summed E-state index contributed by atoms with van der Waals surface area (Å²) in [5.41, 5.74) is -0.284. The van der Waals surface area contributed by atoms with Gasteiger partial charge in [-0.3, -0.25) is 0 Å². The van der Waals surface area contributed by atoms with Crippen LogP contribution in [0.2, 0.25) is 36.3 Å². The van der Waals surface area contributed by atoms with Crippen LogP contribution in [0.3, 0.4) is 0 Å². The lowest BCUT2D eigenvalue weighted by Crippen LogP contribution is -2.71. The summed E-state index contributed by atoms with van der Waals surface area (Å²) in [4.78, 5) is 0. The number of methoxy groups -OCH3 is 1. The predicted octanol–water partition coefficient (Wildman–Crippen LogP) is 8.11. The van der Waals surface area contributed by atoms with Gasteiger partial charge in [0.25, 0.3) is 0 Å². The molecule has 2 aliphatic heterocycles. The number of hydrogen-bond acceptors (Lipinski definition) is 5. The summed E-state index contributed by atoms with van der Waals surface area (Å²) >= 11 is 0. The molecule has 2 saturated heterocycles. The van der Waals surface area contributed by atoms with Gasteiger partial charge in [-0.2, -0.15) is 0 Å². The van der Waals surface area contributed by atoms with Crippen molar-refractivity contribution in [1.82, 2.24) is 0 Å². The lowest BCUT2D eigenvalue weighted by Gasteiger charge is -2.64. The fourth-order valence-electron chi connectivity index (χ4n) is 8.98. The monoisotopic (exact) mass is 566 g/mol. The zero-order chi connectivity index (χ0) is 28.3. The average molecular weight is 567 g/mol. The van der Waals surface area contributed by atoms with E-state index in [1.54, 1.807) is 7.11 Å². The number of rotatable bonds is 5. The molecule has 0 aromatic heterocycles. The number of hydrogen-bond donors (Lipinski definition) is 0. The largest absolute Gasteiger partial charge is 0.413 e. The van der Waals surface area contributed by atoms with Crippen molar-refractivity contribution in [3.05, 3.63) is 0 Å². The molecule has 2 bridgehead atoms. The highest BCUT2D eigenvalue weighted by molar-refractivity contribution is 6.74. The molecule has 3 aliphatic carbocycles. The summed E-state index contributed by atoms with van der Waals surface area (Å²) in [7, 11) is -2.11. The van der Waals surface area contributed by atoms with Gasteiger partial charge in [0, 0.05) is 18.9 Å². The van der Waals surface area contributed by atoms with Gasteiger partial charge in [0.1, 0.15) is 0 Å². The Kier molecular flexibility index (Phi) is 6.94. The van der Waals surface area contributed by atoms with Gasteiger partial charge < -0.3 is 23.1 Å². The minimum absolute atomic E-state index is 0.00481. The van der Waals surface area contributed by atoms with E-state index in [-0.39, 0.29) is 39.6 Å². The first kappa shape index (κ1) is 29.7. The SMILES string of the molecule is CO[C@@H]1O[C@H]2C[C@]3(C)[C@H]4CC[C@]5(C)[C@@H](O[Si](C)(C)C(C)(C)C)CC[C@H]5[C@@H]4C[C@@H](O[Si](C)(C)C(C)(C)C)[C@@]13O2. The van der Waals surface area contributed by atoms with E-state index in [0.29, 0.717) is 23.9 Å². The van der Waals surface area contributed by atoms with Crippen molar-refractivity contribution in [2.45, 2.75) is 161 Å². The molecule has 220 valence electrons. The van der Waals surface area contributed by atoms with Gasteiger partial charge in [-0.1, -0.05) is 55.4 Å². The predicted molar refractivity (Wildman–Crippen MR) is 158 cm³/mol. The van der Waals surface area contributed by atoms with Gasteiger partial charge in [-0.05, 0) is 91.5 Å². The topological polar surface area (TPSA) is 46.2 Å². The Hall–Kier alpha value is 0.234. The van der Waals surface area contributed by atoms with E-state index in [2.05, 4.69) is 81.6 Å². The Morgan fingerprint density at radius 1 is 0.789 bits per heavy atom. The molecule has 1 spiro atoms. The maximum atomic E-state index is 7.39. The van der Waals surface area contributed by atoms with Gasteiger partial charge in [-0.15, -0.1) is 0 Å². The Morgan fingerprint density at radius 3 is 1.92 bits per heavy atom. The summed E-state index contributed by atoms with van der Waals surface area (Å²) in [6.07, 6.45) is 6.83. The highest BCUT2D eigenvalue weighted by Gasteiger charge is 2.78. The fraction of sp³-hybridized carbons (Fsp3) is 1.00. The smallest absolute Gasteiger partial charge is 0.192 e. The molecule has 0 aromatic carbocycles. The third-order valence-electron chi connectivity index (χ3n) is 13.3. The third kappa shape index (κ3) is 3.99. The van der Waals surface area contributed by atoms with Crippen LogP contribution in [-0.2, 0) is 23.1 Å². The maximum absolute atomic E-state index is 7.39. The summed E-state index contributed by atoms with van der Waals surface area (Å²) < 4.78 is 33.9. The highest BCUT2D eigenvalue weighted by Crippen LogP contribution is 2.72. The van der Waals surface area contributed by atoms with Gasteiger partial charge >= 0.3 is 0 Å². The van der Waals surface area contributed by atoms with Crippen LogP contribution in [0.15, 0.2) is 0 Å². The highest BCUT2D eigenvalue weighted by atomic mass is 28.4. The van der Waals surface area contributed by atoms with E-state index in [0.717, 1.165) is 12.8 Å². The van der Waals surface area contributed by atoms with Crippen molar-refractivity contribution >= 4 is 16.6 Å². The lowest BCUT2D eigenvalue weighted by atomic mass is 9.45. The zero-order valence-electron chi connectivity index (χ0n) is 26.8. The molecule has 5 rings (SSSR count). The Balaban J connectivity index is 1.51. The third-order valence-corrected chi connectivity index (χ3v) is 22.2. The molecule has 0 unspecified atom stereocenters. The Bertz CT molecular complexity index is 924. The quantitative estimate of drug-likeness (QED) is 0.315. The van der Waals surface area contributed by atoms with Gasteiger partial charge in [0.15, 0.2) is 34.8 Å². The average Bonchev–Trinajstić information content (AvgIpc) is 3.39. The normalized spacial score (nSPS) is 47.1. The second-order valence-corrected chi connectivity index (χ2v) is 26.6. The summed E-state index contributed by atoms with van der Waals surface area (Å²) in [5, 5.41) is 0.370. The molecule has 2 heterocycles. The molecule has 10 atom stereocenters. The molecule has 38 heavy (non-hydrogen) atoms. The van der Waals surface area contributed by atoms with E-state index in [1.807, 2.05) is 0 Å². The van der Waals surface area contributed by atoms with Crippen LogP contribution in [0.4, 0.5) is 0 Å². The second kappa shape index (κ2) is 8.87. The Labute approximate surface area is 235 Å². The molecule has 0 radical (unpaired) electrons. The molecular weight excluding hydrogens is 509 g/mol. The first-order valence-corrected chi connectivity index (χ1v) is 21.3. The van der Waals surface area contributed by atoms with Crippen molar-refractivity contribution in [3.63, 3.8) is 0 Å². The zero-order valence-corrected chi connectivity index (χ0v) is 28.8. The maximum Gasteiger partial charge on any atom is 0.192 e. The summed E-state index contributed by atoms with van der Waals surface area (Å²) in [5.74, 6) is 1.92. The molecule has 7 heteroatoms. The Morgan fingerprint density at radius 2 is 1.37 bits per heavy atom. The molecule has 3 saturated carbocycles. The minimum Gasteiger partial charge on any atom is -0.413 e. The van der Waals surface area contributed by atoms with Crippen LogP contribution < -0.4 is 0 Å². The van der Waals surface area contributed by atoms with Crippen molar-refractivity contribution in [2.75, 3.05) is 7.11 Å². The van der Waals surface area contributed by atoms with E-state index in [1.165, 1.54) is 25.7 Å². The standard InChI is InChI=1S/C31H58O5Si2/c1-27(2,3)37(10,11)35-23-15-14-21-20-18-24(36-38(12,13)28(4,5)6)31-26(32-9)33-25(34-31)19-30(31,8)22(20)16-17-29(21,23)7/h20-26H,14-19H2,1-13H3/t20-,21-,22-,23-,24+,25+,26+,29-,30+,31+/m0/s1. The van der Waals surface area contributed by atoms with Crippen LogP contribution in [0.25, 0.3) is 0 Å². The van der Waals surface area contributed by atoms with E-state index in [9.17, 15) is 0 Å². The van der Waals surface area contributed by atoms with Crippen molar-refractivity contribution in [1.29, 1.82) is 0 Å². The van der Waals surface area contributed by atoms with Crippen molar-refractivity contribution < 1.29 is 23.1 Å². The van der Waals surface area contributed by atoms with Crippen LogP contribution in [0, 0.1) is 28.6 Å². The summed E-state index contributed by atoms with van der Waals surface area (Å²) in [6.45, 7) is 28.9. The van der Waals surface area contributed by atoms with Crippen LogP contribution >= 0.6 is 0 Å². The van der Waals surface area contributed by atoms with Crippen molar-refractivity contribution in [2.24, 2.45) is 28.6 Å². The molecule has 5 aliphatic rings.